The molecule has 0 aromatic heterocycles. The normalized spacial score (nSPS) is 16.9. The maximum absolute atomic E-state index is 12.2. The molecule has 4 heterocycles. The maximum Gasteiger partial charge on any atom is 0.356 e. The van der Waals surface area contributed by atoms with Crippen molar-refractivity contribution in [2.75, 3.05) is 62.4 Å². The molecule has 4 aliphatic heterocycles. The molecular weight excluding hydrogens is 1180 g/mol. The number of fused-ring (bicyclic) bond motifs is 4. The van der Waals surface area contributed by atoms with E-state index in [1.807, 2.05) is 6.07 Å². The van der Waals surface area contributed by atoms with Gasteiger partial charge in [0.15, 0.2) is 11.4 Å². The van der Waals surface area contributed by atoms with Crippen LogP contribution in [0.15, 0.2) is 121 Å². The van der Waals surface area contributed by atoms with Gasteiger partial charge in [0.25, 0.3) is 25.9 Å². The summed E-state index contributed by atoms with van der Waals surface area (Å²) >= 11 is 0. The van der Waals surface area contributed by atoms with E-state index in [-0.39, 0.29) is 43.8 Å². The van der Waals surface area contributed by atoms with Crippen LogP contribution in [0.1, 0.15) is 194 Å². The molecule has 2 N–H and O–H groups in total. The Morgan fingerprint density at radius 3 is 1.14 bits per heavy atom. The lowest BCUT2D eigenvalue weighted by Gasteiger charge is -2.27. The summed E-state index contributed by atoms with van der Waals surface area (Å²) in [6.45, 7) is 31.7. The minimum absolute atomic E-state index is 0. The predicted octanol–water partition coefficient (Wildman–Crippen LogP) is 15.6. The van der Waals surface area contributed by atoms with Gasteiger partial charge >= 0.3 is 7.60 Å². The first kappa shape index (κ1) is 77.3. The number of allylic oxidation sites excluding steroid dienone is 8. The van der Waals surface area contributed by atoms with Gasteiger partial charge in [-0.25, -0.2) is 0 Å². The SMILES string of the molecule is C.C.C.Cc1ccc2c(c1)C(C)(C)C(/C=C\C=C1\N(CCCCCOC=O)c3ccc(C)cc3C1(C)C)=[N+]2CCCCCOC=O.Cc1ccc2c(c1)C(C)(C)C(=CC=CC1=[N+](CCCCCOC=O)c3ccc(P(=O)(O)O)cc3C1(C)C)N2CCCCCOC=O. The minimum Gasteiger partial charge on any atom is -0.468 e. The van der Waals surface area contributed by atoms with Gasteiger partial charge in [-0.15, -0.1) is 0 Å². The number of rotatable bonds is 33. The number of aryl methyl sites for hydroxylation is 3. The van der Waals surface area contributed by atoms with Crippen LogP contribution >= 0.6 is 7.60 Å². The lowest BCUT2D eigenvalue weighted by atomic mass is 9.80. The fourth-order valence-electron chi connectivity index (χ4n) is 13.4. The molecular formula is C76H109N4O11P+2. The summed E-state index contributed by atoms with van der Waals surface area (Å²) in [5.74, 6) is 0. The van der Waals surface area contributed by atoms with Crippen LogP contribution in [0.25, 0.3) is 0 Å². The van der Waals surface area contributed by atoms with E-state index in [1.165, 1.54) is 73.6 Å². The van der Waals surface area contributed by atoms with E-state index in [2.05, 4.69) is 186 Å². The maximum atomic E-state index is 12.2. The molecule has 0 atom stereocenters. The van der Waals surface area contributed by atoms with Crippen molar-refractivity contribution in [3.05, 3.63) is 160 Å². The zero-order valence-electron chi connectivity index (χ0n) is 54.6. The van der Waals surface area contributed by atoms with E-state index in [9.17, 15) is 33.5 Å². The summed E-state index contributed by atoms with van der Waals surface area (Å²) in [7, 11) is -4.42. The van der Waals surface area contributed by atoms with E-state index in [0.29, 0.717) is 52.3 Å². The topological polar surface area (TPSA) is 175 Å². The summed E-state index contributed by atoms with van der Waals surface area (Å²) in [6.07, 6.45) is 24.4. The second-order valence-electron chi connectivity index (χ2n) is 26.1. The number of nitrogens with zero attached hydrogens (tertiary/aromatic N) is 4. The molecule has 0 saturated carbocycles. The largest absolute Gasteiger partial charge is 0.468 e. The van der Waals surface area contributed by atoms with Crippen LogP contribution in [0.3, 0.4) is 0 Å². The first-order valence-corrected chi connectivity index (χ1v) is 33.5. The lowest BCUT2D eigenvalue weighted by Crippen LogP contribution is -2.28. The molecule has 4 aliphatic rings. The van der Waals surface area contributed by atoms with Crippen molar-refractivity contribution in [2.24, 2.45) is 0 Å². The zero-order chi connectivity index (χ0) is 64.6. The fourth-order valence-corrected chi connectivity index (χ4v) is 13.9. The molecule has 8 rings (SSSR count). The lowest BCUT2D eigenvalue weighted by molar-refractivity contribution is -0.438. The highest BCUT2D eigenvalue weighted by Crippen LogP contribution is 2.50. The second-order valence-corrected chi connectivity index (χ2v) is 27.7. The number of ether oxygens (including phenoxy) is 4. The van der Waals surface area contributed by atoms with E-state index < -0.39 is 13.0 Å². The van der Waals surface area contributed by atoms with Gasteiger partial charge in [0.1, 0.15) is 13.1 Å². The average molecular weight is 1290 g/mol. The number of hydrogen-bond acceptors (Lipinski definition) is 11. The number of hydrogen-bond donors (Lipinski definition) is 2. The van der Waals surface area contributed by atoms with Crippen molar-refractivity contribution >= 4 is 73.0 Å². The van der Waals surface area contributed by atoms with Gasteiger partial charge in [0, 0.05) is 94.9 Å². The summed E-state index contributed by atoms with van der Waals surface area (Å²) in [5.41, 5.74) is 17.3. The third-order valence-corrected chi connectivity index (χ3v) is 19.2. The Balaban J connectivity index is 0.000000381. The summed E-state index contributed by atoms with van der Waals surface area (Å²) in [4.78, 5) is 66.7. The molecule has 0 unspecified atom stereocenters. The van der Waals surface area contributed by atoms with Gasteiger partial charge in [0.2, 0.25) is 11.4 Å². The highest BCUT2D eigenvalue weighted by atomic mass is 31.2. The Labute approximate surface area is 551 Å². The van der Waals surface area contributed by atoms with Gasteiger partial charge in [0.05, 0.1) is 42.6 Å². The van der Waals surface area contributed by atoms with Crippen molar-refractivity contribution in [1.82, 2.24) is 0 Å². The highest BCUT2D eigenvalue weighted by molar-refractivity contribution is 7.60. The third-order valence-electron chi connectivity index (χ3n) is 18.2. The zero-order valence-corrected chi connectivity index (χ0v) is 55.5. The summed E-state index contributed by atoms with van der Waals surface area (Å²) < 4.78 is 36.4. The molecule has 4 aromatic rings. The van der Waals surface area contributed by atoms with Crippen molar-refractivity contribution in [2.45, 2.75) is 197 Å². The molecule has 0 spiro atoms. The molecule has 15 nitrogen and oxygen atoms in total. The molecule has 0 fully saturated rings. The van der Waals surface area contributed by atoms with Crippen molar-refractivity contribution in [1.29, 1.82) is 0 Å². The quantitative estimate of drug-likeness (QED) is 0.0152. The standard InChI is InChI=1S/C37H49N2O4.C36H47N2O7P.3CH4/c1-28-16-18-32-30(24-28)36(3,4)34(38(32)20-9-7-11-22-42-26-40)14-13-15-35-37(5,6)31-25-29(2)17-19-33(31)39(35)21-10-8-12-23-43-27-41;1-27-15-17-31-29(23-27)35(2,3)33(37(31)19-8-6-10-21-44-25-39)13-12-14-34-36(4,5)30-24-28(46(41,42)43)16-18-32(30)38(34)20-9-7-11-22-45-26-40;;;/h13-19,24-27H,7-12,20-23H2,1-6H3;12-18,23-26H,6-11,19-22H2,1-5H3,(H-,41,42,43);3*1H4/q+1;;;;/p+1. The van der Waals surface area contributed by atoms with Crippen LogP contribution in [0.2, 0.25) is 0 Å². The highest BCUT2D eigenvalue weighted by Gasteiger charge is 2.47. The van der Waals surface area contributed by atoms with Crippen LogP contribution in [0.5, 0.6) is 0 Å². The molecule has 92 heavy (non-hydrogen) atoms. The van der Waals surface area contributed by atoms with E-state index in [0.717, 1.165) is 120 Å². The van der Waals surface area contributed by atoms with Crippen molar-refractivity contribution in [3.63, 3.8) is 0 Å². The van der Waals surface area contributed by atoms with Gasteiger partial charge < -0.3 is 38.5 Å². The molecule has 0 radical (unpaired) electrons. The van der Waals surface area contributed by atoms with E-state index in [4.69, 9.17) is 18.9 Å². The molecule has 0 aliphatic carbocycles. The Kier molecular flexibility index (Phi) is 29.1. The number of carbonyl (C=O) groups excluding carboxylic acids is 4. The van der Waals surface area contributed by atoms with Gasteiger partial charge in [-0.1, -0.05) is 109 Å². The third kappa shape index (κ3) is 18.1. The minimum atomic E-state index is -4.42. The molecule has 502 valence electrons. The monoisotopic (exact) mass is 1280 g/mol. The number of benzene rings is 4. The first-order chi connectivity index (χ1) is 42.5. The smallest absolute Gasteiger partial charge is 0.356 e. The summed E-state index contributed by atoms with van der Waals surface area (Å²) in [6, 6.07) is 25.2. The van der Waals surface area contributed by atoms with E-state index >= 15 is 0 Å². The molecule has 16 heteroatoms. The van der Waals surface area contributed by atoms with Crippen LogP contribution < -0.4 is 15.1 Å². The van der Waals surface area contributed by atoms with Crippen molar-refractivity contribution < 1.29 is 61.6 Å². The molecule has 0 amide bonds. The van der Waals surface area contributed by atoms with Gasteiger partial charge in [-0.05, 0) is 166 Å². The van der Waals surface area contributed by atoms with Crippen LogP contribution in [-0.2, 0) is 64.4 Å². The Morgan fingerprint density at radius 2 is 0.772 bits per heavy atom. The fraction of sp³-hybridized carbons (Fsp3) is 0.500. The predicted molar refractivity (Wildman–Crippen MR) is 376 cm³/mol. The summed E-state index contributed by atoms with van der Waals surface area (Å²) in [5, 5.41) is 0.0201. The molecule has 0 saturated heterocycles. The second kappa shape index (κ2) is 34.6. The van der Waals surface area contributed by atoms with Crippen LogP contribution in [0, 0.1) is 20.8 Å². The van der Waals surface area contributed by atoms with Crippen LogP contribution in [-0.4, -0.2) is 109 Å². The van der Waals surface area contributed by atoms with Crippen molar-refractivity contribution in [3.8, 4) is 0 Å². The Hall–Kier alpha value is -7.19. The Morgan fingerprint density at radius 1 is 0.435 bits per heavy atom. The average Bonchev–Trinajstić information content (AvgIpc) is 1.63. The molecule has 4 aromatic carbocycles. The van der Waals surface area contributed by atoms with Crippen LogP contribution in [0.4, 0.5) is 22.7 Å². The number of unbranched alkanes of at least 4 members (excludes halogenated alkanes) is 8. The number of carbonyl (C=O) groups is 4. The number of anilines is 2. The van der Waals surface area contributed by atoms with Gasteiger partial charge in [-0.2, -0.15) is 9.15 Å². The Bertz CT molecular complexity index is 3410. The van der Waals surface area contributed by atoms with Gasteiger partial charge in [-0.3, -0.25) is 23.7 Å². The van der Waals surface area contributed by atoms with E-state index in [1.54, 1.807) is 6.07 Å². The molecule has 0 bridgehead atoms. The first-order valence-electron chi connectivity index (χ1n) is 31.8.